The summed E-state index contributed by atoms with van der Waals surface area (Å²) in [5.74, 6) is 0.874. The molecule has 8 heteroatoms. The van der Waals surface area contributed by atoms with Gasteiger partial charge in [-0.1, -0.05) is 23.7 Å². The normalized spacial score (nSPS) is 16.8. The van der Waals surface area contributed by atoms with E-state index in [0.29, 0.717) is 33.5 Å². The van der Waals surface area contributed by atoms with Crippen molar-refractivity contribution in [3.63, 3.8) is 0 Å². The average molecular weight is 421 g/mol. The van der Waals surface area contributed by atoms with E-state index in [0.717, 1.165) is 16.8 Å². The van der Waals surface area contributed by atoms with Crippen molar-refractivity contribution in [2.24, 2.45) is 5.73 Å². The predicted octanol–water partition coefficient (Wildman–Crippen LogP) is 4.29. The maximum Gasteiger partial charge on any atom is 0.244 e. The van der Waals surface area contributed by atoms with Crippen LogP contribution in [-0.2, 0) is 0 Å². The zero-order valence-electron chi connectivity index (χ0n) is 16.2. The summed E-state index contributed by atoms with van der Waals surface area (Å²) >= 11 is 6.61. The summed E-state index contributed by atoms with van der Waals surface area (Å²) in [5, 5.41) is 17.7. The van der Waals surface area contributed by atoms with Gasteiger partial charge < -0.3 is 19.9 Å². The number of ether oxygens (including phenoxy) is 3. The van der Waals surface area contributed by atoms with Crippen molar-refractivity contribution in [2.75, 3.05) is 6.79 Å². The van der Waals surface area contributed by atoms with Gasteiger partial charge in [-0.2, -0.15) is 5.26 Å². The SMILES string of the molecule is Cc1ccc(-c2[nH]nc3c2[C@@H](c2cc4c(cc2Cl)OCO4)C(C#N)=C(N)O3)cc1C. The van der Waals surface area contributed by atoms with Crippen LogP contribution in [0.1, 0.15) is 28.2 Å². The molecule has 3 heterocycles. The lowest BCUT2D eigenvalue weighted by molar-refractivity contribution is 0.174. The second-order valence-electron chi connectivity index (χ2n) is 7.27. The smallest absolute Gasteiger partial charge is 0.244 e. The molecule has 150 valence electrons. The Bertz CT molecular complexity index is 1270. The number of nitrogens with one attached hydrogen (secondary N) is 1. The first-order valence-corrected chi connectivity index (χ1v) is 9.68. The second kappa shape index (κ2) is 6.71. The van der Waals surface area contributed by atoms with Crippen LogP contribution < -0.4 is 19.9 Å². The van der Waals surface area contributed by atoms with Gasteiger partial charge in [-0.15, -0.1) is 5.10 Å². The molecule has 0 saturated heterocycles. The lowest BCUT2D eigenvalue weighted by Crippen LogP contribution is -2.21. The lowest BCUT2D eigenvalue weighted by Gasteiger charge is -2.25. The van der Waals surface area contributed by atoms with E-state index in [9.17, 15) is 5.26 Å². The molecular weight excluding hydrogens is 404 g/mol. The quantitative estimate of drug-likeness (QED) is 0.640. The van der Waals surface area contributed by atoms with Crippen molar-refractivity contribution in [3.8, 4) is 34.7 Å². The summed E-state index contributed by atoms with van der Waals surface area (Å²) < 4.78 is 16.6. The minimum Gasteiger partial charge on any atom is -0.454 e. The maximum absolute atomic E-state index is 9.89. The number of hydrogen-bond acceptors (Lipinski definition) is 6. The molecule has 2 aliphatic heterocycles. The Balaban J connectivity index is 1.75. The zero-order valence-corrected chi connectivity index (χ0v) is 17.0. The van der Waals surface area contributed by atoms with Gasteiger partial charge in [0, 0.05) is 16.7 Å². The van der Waals surface area contributed by atoms with E-state index in [2.05, 4.69) is 29.3 Å². The van der Waals surface area contributed by atoms with Gasteiger partial charge in [-0.25, -0.2) is 0 Å². The lowest BCUT2D eigenvalue weighted by atomic mass is 9.82. The molecule has 3 aromatic rings. The summed E-state index contributed by atoms with van der Waals surface area (Å²) in [6.07, 6.45) is 0. The fraction of sp³-hybridized carbons (Fsp3) is 0.182. The summed E-state index contributed by atoms with van der Waals surface area (Å²) in [5.41, 5.74) is 11.7. The molecule has 0 fully saturated rings. The van der Waals surface area contributed by atoms with Crippen LogP contribution in [0, 0.1) is 25.2 Å². The second-order valence-corrected chi connectivity index (χ2v) is 7.68. The Morgan fingerprint density at radius 1 is 1.17 bits per heavy atom. The molecule has 5 rings (SSSR count). The monoisotopic (exact) mass is 420 g/mol. The molecule has 1 atom stereocenters. The molecule has 0 aliphatic carbocycles. The van der Waals surface area contributed by atoms with Gasteiger partial charge in [0.2, 0.25) is 18.6 Å². The molecule has 30 heavy (non-hydrogen) atoms. The Morgan fingerprint density at radius 2 is 1.93 bits per heavy atom. The molecule has 1 aromatic heterocycles. The number of fused-ring (bicyclic) bond motifs is 2. The number of aromatic nitrogens is 2. The van der Waals surface area contributed by atoms with Crippen molar-refractivity contribution in [1.29, 1.82) is 5.26 Å². The molecule has 0 saturated carbocycles. The number of H-pyrrole nitrogens is 1. The highest BCUT2D eigenvalue weighted by Crippen LogP contribution is 2.49. The Labute approximate surface area is 177 Å². The van der Waals surface area contributed by atoms with E-state index >= 15 is 0 Å². The molecule has 2 aromatic carbocycles. The Kier molecular flexibility index (Phi) is 4.12. The topological polar surface area (TPSA) is 106 Å². The number of nitrogens with zero attached hydrogens (tertiary/aromatic N) is 2. The summed E-state index contributed by atoms with van der Waals surface area (Å²) in [4.78, 5) is 0. The van der Waals surface area contributed by atoms with Gasteiger partial charge in [-0.05, 0) is 42.7 Å². The number of aryl methyl sites for hydroxylation is 2. The number of rotatable bonds is 2. The van der Waals surface area contributed by atoms with Crippen LogP contribution in [0.3, 0.4) is 0 Å². The predicted molar refractivity (Wildman–Crippen MR) is 110 cm³/mol. The van der Waals surface area contributed by atoms with Crippen molar-refractivity contribution >= 4 is 11.6 Å². The van der Waals surface area contributed by atoms with Crippen LogP contribution in [0.15, 0.2) is 41.8 Å². The van der Waals surface area contributed by atoms with Crippen LogP contribution >= 0.6 is 11.6 Å². The van der Waals surface area contributed by atoms with Crippen LogP contribution in [0.4, 0.5) is 0 Å². The van der Waals surface area contributed by atoms with Gasteiger partial charge in [0.1, 0.15) is 11.6 Å². The number of nitriles is 1. The third-order valence-corrected chi connectivity index (χ3v) is 5.86. The van der Waals surface area contributed by atoms with Crippen LogP contribution in [-0.4, -0.2) is 17.0 Å². The first-order chi connectivity index (χ1) is 14.5. The molecule has 0 bridgehead atoms. The summed E-state index contributed by atoms with van der Waals surface area (Å²) in [6, 6.07) is 11.8. The highest BCUT2D eigenvalue weighted by Gasteiger charge is 2.37. The largest absolute Gasteiger partial charge is 0.454 e. The summed E-state index contributed by atoms with van der Waals surface area (Å²) in [6.45, 7) is 4.22. The van der Waals surface area contributed by atoms with Gasteiger partial charge in [-0.3, -0.25) is 5.10 Å². The standard InChI is InChI=1S/C22H17ClN4O3/c1-10-3-4-12(5-11(10)2)20-19-18(14(8-24)21(25)30-22(19)27-26-20)13-6-16-17(7-15(13)23)29-9-28-16/h3-7,18H,9,25H2,1-2H3,(H,26,27)/t18-/m0/s1. The van der Waals surface area contributed by atoms with E-state index in [1.807, 2.05) is 19.1 Å². The molecule has 2 aliphatic rings. The van der Waals surface area contributed by atoms with Crippen molar-refractivity contribution in [2.45, 2.75) is 19.8 Å². The molecule has 0 amide bonds. The molecule has 7 nitrogen and oxygen atoms in total. The van der Waals surface area contributed by atoms with Crippen molar-refractivity contribution in [3.05, 3.63) is 69.1 Å². The highest BCUT2D eigenvalue weighted by atomic mass is 35.5. The number of hydrogen-bond donors (Lipinski definition) is 2. The number of aromatic amines is 1. The van der Waals surface area contributed by atoms with Crippen molar-refractivity contribution < 1.29 is 14.2 Å². The molecule has 0 unspecified atom stereocenters. The summed E-state index contributed by atoms with van der Waals surface area (Å²) in [7, 11) is 0. The van der Waals surface area contributed by atoms with Crippen molar-refractivity contribution in [1.82, 2.24) is 10.2 Å². The van der Waals surface area contributed by atoms with E-state index in [4.69, 9.17) is 31.5 Å². The van der Waals surface area contributed by atoms with Gasteiger partial charge in [0.25, 0.3) is 0 Å². The van der Waals surface area contributed by atoms with E-state index in [-0.39, 0.29) is 18.2 Å². The fourth-order valence-corrected chi connectivity index (χ4v) is 4.09. The van der Waals surface area contributed by atoms with Crippen LogP contribution in [0.25, 0.3) is 11.3 Å². The zero-order chi connectivity index (χ0) is 21.0. The number of benzene rings is 2. The van der Waals surface area contributed by atoms with Gasteiger partial charge >= 0.3 is 0 Å². The fourth-order valence-electron chi connectivity index (χ4n) is 3.83. The van der Waals surface area contributed by atoms with Gasteiger partial charge in [0.15, 0.2) is 11.5 Å². The first kappa shape index (κ1) is 18.4. The third kappa shape index (κ3) is 2.69. The molecule has 0 spiro atoms. The van der Waals surface area contributed by atoms with Crippen LogP contribution in [0.2, 0.25) is 5.02 Å². The number of halogens is 1. The van der Waals surface area contributed by atoms with E-state index in [1.165, 1.54) is 5.56 Å². The molecule has 3 N–H and O–H groups in total. The average Bonchev–Trinajstić information content (AvgIpc) is 3.34. The minimum absolute atomic E-state index is 0.00173. The van der Waals surface area contributed by atoms with Gasteiger partial charge in [0.05, 0.1) is 17.2 Å². The number of nitrogens with two attached hydrogens (primary N) is 1. The first-order valence-electron chi connectivity index (χ1n) is 9.30. The molecular formula is C22H17ClN4O3. The van der Waals surface area contributed by atoms with E-state index in [1.54, 1.807) is 12.1 Å². The van der Waals surface area contributed by atoms with E-state index < -0.39 is 5.92 Å². The third-order valence-electron chi connectivity index (χ3n) is 5.54. The Hall–Kier alpha value is -3.63. The highest BCUT2D eigenvalue weighted by molar-refractivity contribution is 6.31. The molecule has 0 radical (unpaired) electrons. The minimum atomic E-state index is -0.573. The van der Waals surface area contributed by atoms with Crippen LogP contribution in [0.5, 0.6) is 17.4 Å². The Morgan fingerprint density at radius 3 is 2.67 bits per heavy atom. The maximum atomic E-state index is 9.89. The number of allylic oxidation sites excluding steroid dienone is 1.